The molecule has 154 valence electrons. The van der Waals surface area contributed by atoms with Crippen molar-refractivity contribution in [3.63, 3.8) is 0 Å². The first kappa shape index (κ1) is 23.9. The van der Waals surface area contributed by atoms with Crippen molar-refractivity contribution in [1.82, 2.24) is 15.5 Å². The van der Waals surface area contributed by atoms with Gasteiger partial charge in [0.2, 0.25) is 0 Å². The van der Waals surface area contributed by atoms with Crippen molar-refractivity contribution < 1.29 is 9.47 Å². The second-order valence-electron chi connectivity index (χ2n) is 7.19. The normalized spacial score (nSPS) is 21.9. The fourth-order valence-corrected chi connectivity index (χ4v) is 3.44. The predicted molar refractivity (Wildman–Crippen MR) is 119 cm³/mol. The Morgan fingerprint density at radius 3 is 2.50 bits per heavy atom. The van der Waals surface area contributed by atoms with E-state index in [1.165, 1.54) is 51.7 Å². The zero-order valence-electron chi connectivity index (χ0n) is 16.5. The molecule has 0 saturated carbocycles. The van der Waals surface area contributed by atoms with Crippen molar-refractivity contribution in [1.29, 1.82) is 0 Å². The van der Waals surface area contributed by atoms with Crippen LogP contribution >= 0.6 is 24.0 Å². The van der Waals surface area contributed by atoms with Crippen molar-refractivity contribution >= 4 is 29.9 Å². The van der Waals surface area contributed by atoms with Gasteiger partial charge in [-0.15, -0.1) is 24.0 Å². The molecule has 0 aromatic rings. The average Bonchev–Trinajstić information content (AvgIpc) is 3.02. The van der Waals surface area contributed by atoms with E-state index in [0.717, 1.165) is 58.3 Å². The molecule has 2 rings (SSSR count). The number of guanidine groups is 1. The van der Waals surface area contributed by atoms with Gasteiger partial charge in [-0.25, -0.2) is 0 Å². The molecule has 26 heavy (non-hydrogen) atoms. The lowest BCUT2D eigenvalue weighted by atomic mass is 10.1. The Morgan fingerprint density at radius 2 is 1.85 bits per heavy atom. The van der Waals surface area contributed by atoms with Gasteiger partial charge in [-0.2, -0.15) is 0 Å². The van der Waals surface area contributed by atoms with Gasteiger partial charge in [0.05, 0.1) is 13.2 Å². The van der Waals surface area contributed by atoms with E-state index in [1.54, 1.807) is 0 Å². The summed E-state index contributed by atoms with van der Waals surface area (Å²) in [5, 5.41) is 6.78. The molecule has 0 bridgehead atoms. The Labute approximate surface area is 176 Å². The van der Waals surface area contributed by atoms with Crippen LogP contribution in [-0.2, 0) is 9.47 Å². The highest BCUT2D eigenvalue weighted by molar-refractivity contribution is 14.0. The van der Waals surface area contributed by atoms with Crippen LogP contribution in [0, 0.1) is 5.92 Å². The quantitative estimate of drug-likeness (QED) is 0.217. The second-order valence-corrected chi connectivity index (χ2v) is 7.19. The molecule has 2 saturated heterocycles. The maximum Gasteiger partial charge on any atom is 0.190 e. The zero-order valence-corrected chi connectivity index (χ0v) is 18.8. The number of hydrogen-bond donors (Lipinski definition) is 2. The molecule has 0 aliphatic carbocycles. The van der Waals surface area contributed by atoms with Gasteiger partial charge >= 0.3 is 0 Å². The lowest BCUT2D eigenvalue weighted by molar-refractivity contribution is 0.0888. The van der Waals surface area contributed by atoms with E-state index < -0.39 is 0 Å². The third kappa shape index (κ3) is 10.9. The van der Waals surface area contributed by atoms with Crippen molar-refractivity contribution in [2.24, 2.45) is 10.9 Å². The molecule has 2 fully saturated rings. The Hall–Kier alpha value is -0.120. The van der Waals surface area contributed by atoms with Gasteiger partial charge in [0, 0.05) is 39.3 Å². The van der Waals surface area contributed by atoms with Gasteiger partial charge in [0.25, 0.3) is 0 Å². The zero-order chi connectivity index (χ0) is 17.6. The highest BCUT2D eigenvalue weighted by Crippen LogP contribution is 2.12. The fourth-order valence-electron chi connectivity index (χ4n) is 3.44. The Morgan fingerprint density at radius 1 is 1.12 bits per heavy atom. The van der Waals surface area contributed by atoms with Crippen LogP contribution in [0.5, 0.6) is 0 Å². The van der Waals surface area contributed by atoms with E-state index in [1.807, 2.05) is 7.05 Å². The number of hydrogen-bond acceptors (Lipinski definition) is 4. The van der Waals surface area contributed by atoms with Crippen LogP contribution in [0.2, 0.25) is 0 Å². The molecule has 0 amide bonds. The number of halogens is 1. The molecule has 0 spiro atoms. The summed E-state index contributed by atoms with van der Waals surface area (Å²) >= 11 is 0. The maximum absolute atomic E-state index is 5.72. The molecule has 6 nitrogen and oxygen atoms in total. The smallest absolute Gasteiger partial charge is 0.190 e. The summed E-state index contributed by atoms with van der Waals surface area (Å²) in [4.78, 5) is 6.90. The van der Waals surface area contributed by atoms with Crippen LogP contribution in [0.4, 0.5) is 0 Å². The summed E-state index contributed by atoms with van der Waals surface area (Å²) in [5.41, 5.74) is 0. The first-order valence-corrected chi connectivity index (χ1v) is 10.2. The number of ether oxygens (including phenoxy) is 2. The molecule has 0 radical (unpaired) electrons. The van der Waals surface area contributed by atoms with Gasteiger partial charge < -0.3 is 25.0 Å². The van der Waals surface area contributed by atoms with Gasteiger partial charge in [0.1, 0.15) is 0 Å². The van der Waals surface area contributed by atoms with Gasteiger partial charge in [-0.3, -0.25) is 4.99 Å². The van der Waals surface area contributed by atoms with Gasteiger partial charge in [-0.1, -0.05) is 12.8 Å². The summed E-state index contributed by atoms with van der Waals surface area (Å²) in [5.74, 6) is 1.51. The van der Waals surface area contributed by atoms with Crippen LogP contribution in [0.15, 0.2) is 4.99 Å². The van der Waals surface area contributed by atoms with Crippen LogP contribution in [0.3, 0.4) is 0 Å². The minimum absolute atomic E-state index is 0. The van der Waals surface area contributed by atoms with Crippen molar-refractivity contribution in [2.45, 2.75) is 44.9 Å². The summed E-state index contributed by atoms with van der Waals surface area (Å²) in [6, 6.07) is 0. The number of likely N-dealkylation sites (tertiary alicyclic amines) is 1. The standard InChI is InChI=1S/C19H38N4O2.HI/c1-20-19(21-9-6-13-23-11-4-2-3-5-12-23)22-10-7-14-24-16-18-8-15-25-17-18;/h18H,2-17H2,1H3,(H2,20,21,22);1H. The molecule has 2 aliphatic rings. The van der Waals surface area contributed by atoms with Crippen molar-refractivity contribution in [3.8, 4) is 0 Å². The molecule has 2 N–H and O–H groups in total. The van der Waals surface area contributed by atoms with E-state index in [4.69, 9.17) is 9.47 Å². The predicted octanol–water partition coefficient (Wildman–Crippen LogP) is 2.48. The first-order valence-electron chi connectivity index (χ1n) is 10.2. The van der Waals surface area contributed by atoms with Crippen LogP contribution in [-0.4, -0.2) is 77.1 Å². The topological polar surface area (TPSA) is 58.1 Å². The van der Waals surface area contributed by atoms with E-state index in [0.29, 0.717) is 5.92 Å². The van der Waals surface area contributed by atoms with Crippen molar-refractivity contribution in [3.05, 3.63) is 0 Å². The summed E-state index contributed by atoms with van der Waals surface area (Å²) in [6.07, 6.45) is 8.87. The molecule has 1 atom stereocenters. The molecule has 0 aromatic carbocycles. The lowest BCUT2D eigenvalue weighted by Crippen LogP contribution is -2.39. The molecule has 2 heterocycles. The second kappa shape index (κ2) is 15.9. The highest BCUT2D eigenvalue weighted by atomic mass is 127. The van der Waals surface area contributed by atoms with Crippen LogP contribution in [0.25, 0.3) is 0 Å². The number of nitrogens with one attached hydrogen (secondary N) is 2. The Balaban J connectivity index is 0.00000338. The number of aliphatic imine (C=N–C) groups is 1. The summed E-state index contributed by atoms with van der Waals surface area (Å²) < 4.78 is 11.1. The first-order chi connectivity index (χ1) is 12.4. The average molecular weight is 482 g/mol. The maximum atomic E-state index is 5.72. The fraction of sp³-hybridized carbons (Fsp3) is 0.947. The van der Waals surface area contributed by atoms with Gasteiger partial charge in [-0.05, 0) is 51.7 Å². The Bertz CT molecular complexity index is 357. The van der Waals surface area contributed by atoms with E-state index in [9.17, 15) is 0 Å². The van der Waals surface area contributed by atoms with Crippen molar-refractivity contribution in [2.75, 3.05) is 66.2 Å². The number of nitrogens with zero attached hydrogens (tertiary/aromatic N) is 2. The van der Waals surface area contributed by atoms with E-state index in [2.05, 4.69) is 20.5 Å². The minimum atomic E-state index is 0. The van der Waals surface area contributed by atoms with E-state index in [-0.39, 0.29) is 24.0 Å². The molecule has 1 unspecified atom stereocenters. The number of rotatable bonds is 10. The Kier molecular flexibility index (Phi) is 14.6. The largest absolute Gasteiger partial charge is 0.381 e. The van der Waals surface area contributed by atoms with E-state index >= 15 is 0 Å². The molecular formula is C19H39IN4O2. The third-order valence-electron chi connectivity index (χ3n) is 5.00. The molecule has 7 heteroatoms. The van der Waals surface area contributed by atoms with Gasteiger partial charge in [0.15, 0.2) is 5.96 Å². The lowest BCUT2D eigenvalue weighted by Gasteiger charge is -2.20. The van der Waals surface area contributed by atoms with Crippen LogP contribution < -0.4 is 10.6 Å². The minimum Gasteiger partial charge on any atom is -0.381 e. The molecule has 2 aliphatic heterocycles. The SMILES string of the molecule is CN=C(NCCCOCC1CCOC1)NCCCN1CCCCCC1.I. The summed E-state index contributed by atoms with van der Waals surface area (Å²) in [7, 11) is 1.83. The highest BCUT2D eigenvalue weighted by Gasteiger charge is 2.15. The third-order valence-corrected chi connectivity index (χ3v) is 5.00. The monoisotopic (exact) mass is 482 g/mol. The summed E-state index contributed by atoms with van der Waals surface area (Å²) in [6.45, 7) is 9.03. The molecule has 0 aromatic heterocycles. The van der Waals surface area contributed by atoms with Crippen LogP contribution in [0.1, 0.15) is 44.9 Å². The molecular weight excluding hydrogens is 443 g/mol.